The Kier molecular flexibility index (Phi) is 17.4. The first-order valence-corrected chi connectivity index (χ1v) is 25.7. The summed E-state index contributed by atoms with van der Waals surface area (Å²) in [5, 5.41) is 9.02. The minimum absolute atomic E-state index is 0.186. The molecule has 6 rings (SSSR count). The van der Waals surface area contributed by atoms with Crippen LogP contribution in [0.1, 0.15) is 51.9 Å². The van der Waals surface area contributed by atoms with Crippen molar-refractivity contribution in [2.24, 2.45) is 14.1 Å². The molecule has 4 aromatic heterocycles. The van der Waals surface area contributed by atoms with Crippen LogP contribution in [0.25, 0.3) is 44.8 Å². The Morgan fingerprint density at radius 2 is 1.34 bits per heavy atom. The van der Waals surface area contributed by atoms with Crippen LogP contribution in [-0.4, -0.2) is 52.7 Å². The Bertz CT molecular complexity index is 2320. The fourth-order valence-corrected chi connectivity index (χ4v) is 15.4. The summed E-state index contributed by atoms with van der Waals surface area (Å²) < 4.78 is 15.3. The van der Waals surface area contributed by atoms with Gasteiger partial charge in [0.1, 0.15) is 34.2 Å². The zero-order valence-corrected chi connectivity index (χ0v) is 36.8. The van der Waals surface area contributed by atoms with E-state index in [9.17, 15) is 4.79 Å². The van der Waals surface area contributed by atoms with Crippen LogP contribution in [0.4, 0.5) is 0 Å². The van der Waals surface area contributed by atoms with Crippen LogP contribution in [0.5, 0.6) is 11.5 Å². The number of benzene rings is 2. The largest absolute Gasteiger partial charge is 0.493 e. The lowest BCUT2D eigenvalue weighted by molar-refractivity contribution is 0.341. The highest BCUT2D eigenvalue weighted by atomic mass is 33.3. The molecule has 2 N–H and O–H groups in total. The minimum atomic E-state index is -0.186. The Labute approximate surface area is 335 Å². The summed E-state index contributed by atoms with van der Waals surface area (Å²) in [4.78, 5) is 28.0. The van der Waals surface area contributed by atoms with Gasteiger partial charge in [0.25, 0.3) is 5.56 Å². The number of rotatable bonds is 11. The fourth-order valence-electron chi connectivity index (χ4n) is 5.50. The standard InChI is InChI=1S/C17H20N4O2.C17H20N4OS.P2S5/c1-4-8-12-14-15(21(3)20-12)17(22)19-16(18-14)11-9-6-7-10-13(11)23-5-2;1-4-8-12-14-15(21(3)20-12)17(23)19-16(18-14)11-9-6-7-10-13(11)22-5-2;3-1-2-5-7-6-4/h6-7,9-10H,4-5,8H2,1-3H3,(H,18,19,22);6-7,9-10H,4-5,8H2,1-3H3,(H,18,19,23);. The molecule has 0 radical (unpaired) electrons. The molecule has 280 valence electrons. The molecule has 0 amide bonds. The van der Waals surface area contributed by atoms with Gasteiger partial charge in [0.15, 0.2) is 10.2 Å². The van der Waals surface area contributed by atoms with Gasteiger partial charge in [-0.25, -0.2) is 9.97 Å². The molecule has 11 nitrogen and oxygen atoms in total. The topological polar surface area (TPSA) is 129 Å². The summed E-state index contributed by atoms with van der Waals surface area (Å²) in [5.74, 6) is 2.74. The number of aryl methyl sites for hydroxylation is 4. The Morgan fingerprint density at radius 1 is 0.792 bits per heavy atom. The maximum Gasteiger partial charge on any atom is 0.277 e. The first-order valence-electron chi connectivity index (χ1n) is 16.7. The van der Waals surface area contributed by atoms with Crippen LogP contribution >= 0.6 is 26.3 Å². The molecule has 0 bridgehead atoms. The van der Waals surface area contributed by atoms with Gasteiger partial charge in [-0.1, -0.05) is 63.2 Å². The number of aromatic nitrogens is 8. The first kappa shape index (κ1) is 42.6. The van der Waals surface area contributed by atoms with Gasteiger partial charge in [0.05, 0.1) is 41.2 Å². The summed E-state index contributed by atoms with van der Waals surface area (Å²) in [6, 6.07) is 15.4. The van der Waals surface area contributed by atoms with E-state index in [4.69, 9.17) is 21.7 Å². The monoisotopic (exact) mass is 862 g/mol. The molecule has 0 fully saturated rings. The molecule has 0 spiro atoms. The van der Waals surface area contributed by atoms with E-state index in [1.165, 1.54) is 15.9 Å². The Morgan fingerprint density at radius 3 is 1.91 bits per heavy atom. The average Bonchev–Trinajstić information content (AvgIpc) is 3.65. The number of nitrogens with one attached hydrogen (secondary N) is 2. The molecular weight excluding hydrogens is 823 g/mol. The van der Waals surface area contributed by atoms with Crippen molar-refractivity contribution >= 4 is 98.6 Å². The van der Waals surface area contributed by atoms with Crippen molar-refractivity contribution in [3.63, 3.8) is 0 Å². The zero-order chi connectivity index (χ0) is 38.3. The van der Waals surface area contributed by atoms with E-state index >= 15 is 0 Å². The molecule has 53 heavy (non-hydrogen) atoms. The average molecular weight is 863 g/mol. The van der Waals surface area contributed by atoms with Crippen LogP contribution < -0.4 is 15.0 Å². The summed E-state index contributed by atoms with van der Waals surface area (Å²) in [7, 11) is 10.5. The number of H-pyrrole nitrogens is 2. The predicted molar refractivity (Wildman–Crippen MR) is 235 cm³/mol. The van der Waals surface area contributed by atoms with Gasteiger partial charge in [-0.2, -0.15) is 10.2 Å². The van der Waals surface area contributed by atoms with E-state index in [1.54, 1.807) is 30.1 Å². The molecule has 0 atom stereocenters. The van der Waals surface area contributed by atoms with Crippen molar-refractivity contribution in [1.82, 2.24) is 39.5 Å². The number of ether oxygens (including phenoxy) is 2. The number of fused-ring (bicyclic) bond motifs is 2. The van der Waals surface area contributed by atoms with Crippen molar-refractivity contribution in [2.75, 3.05) is 13.2 Å². The quantitative estimate of drug-likeness (QED) is 0.0968. The molecule has 0 aliphatic heterocycles. The second kappa shape index (κ2) is 21.7. The molecule has 0 aliphatic rings. The van der Waals surface area contributed by atoms with Crippen molar-refractivity contribution in [3.8, 4) is 34.3 Å². The first-order chi connectivity index (χ1) is 25.7. The molecule has 0 saturated heterocycles. The molecule has 4 heterocycles. The molecule has 2 aromatic carbocycles. The number of hydrogen-bond donors (Lipinski definition) is 2. The maximum atomic E-state index is 12.5. The third-order valence-corrected chi connectivity index (χ3v) is 17.8. The van der Waals surface area contributed by atoms with E-state index in [2.05, 4.69) is 67.0 Å². The molecular formula is C34H40N8O3P2S6. The lowest BCUT2D eigenvalue weighted by atomic mass is 10.1. The van der Waals surface area contributed by atoms with E-state index in [1.807, 2.05) is 74.1 Å². The Balaban J connectivity index is 0.000000201. The van der Waals surface area contributed by atoms with Gasteiger partial charge in [0, 0.05) is 28.2 Å². The SMILES string of the molecule is CCCc1nn(C)c2c(=O)[nH]c(-c3ccccc3OCC)nc12.CCCc1nn(C)c2c(=S)nc(-c3ccccc3OCC)[nH]c12.S=PP=S=S=S=S. The van der Waals surface area contributed by atoms with Gasteiger partial charge < -0.3 is 19.4 Å². The predicted octanol–water partition coefficient (Wildman–Crippen LogP) is 8.43. The lowest BCUT2D eigenvalue weighted by Crippen LogP contribution is -2.12. The number of para-hydroxylation sites is 2. The van der Waals surface area contributed by atoms with Gasteiger partial charge in [-0.3, -0.25) is 14.2 Å². The zero-order valence-electron chi connectivity index (χ0n) is 30.1. The normalized spacial score (nSPS) is 10.8. The highest BCUT2D eigenvalue weighted by Gasteiger charge is 2.17. The van der Waals surface area contributed by atoms with Crippen LogP contribution in [-0.2, 0) is 77.2 Å². The van der Waals surface area contributed by atoms with Crippen molar-refractivity contribution < 1.29 is 9.47 Å². The van der Waals surface area contributed by atoms with Crippen LogP contribution in [0.2, 0.25) is 0 Å². The van der Waals surface area contributed by atoms with E-state index in [0.717, 1.165) is 77.8 Å². The highest BCUT2D eigenvalue weighted by Crippen LogP contribution is 2.30. The van der Waals surface area contributed by atoms with E-state index in [0.29, 0.717) is 40.5 Å². The van der Waals surface area contributed by atoms with E-state index < -0.39 is 0 Å². The summed E-state index contributed by atoms with van der Waals surface area (Å²) >= 11 is 14.7. The summed E-state index contributed by atoms with van der Waals surface area (Å²) in [6.07, 6.45) is 3.67. The third-order valence-electron chi connectivity index (χ3n) is 7.52. The molecule has 0 saturated carbocycles. The van der Waals surface area contributed by atoms with Crippen molar-refractivity contribution in [1.29, 1.82) is 0 Å². The summed E-state index contributed by atoms with van der Waals surface area (Å²) in [6.45, 7) is 9.28. The van der Waals surface area contributed by atoms with E-state index in [-0.39, 0.29) is 5.56 Å². The third kappa shape index (κ3) is 11.0. The molecule has 0 aliphatic carbocycles. The number of nitrogens with zero attached hydrogens (tertiary/aromatic N) is 6. The van der Waals surface area contributed by atoms with Crippen LogP contribution in [0, 0.1) is 4.64 Å². The van der Waals surface area contributed by atoms with Gasteiger partial charge in [-0.05, 0) is 101 Å². The fraction of sp³-hybridized carbons (Fsp3) is 0.353. The lowest BCUT2D eigenvalue weighted by Gasteiger charge is -2.10. The molecule has 0 unspecified atom stereocenters. The number of hydrogen-bond acceptors (Lipinski definition) is 10. The van der Waals surface area contributed by atoms with Gasteiger partial charge >= 0.3 is 0 Å². The van der Waals surface area contributed by atoms with Crippen molar-refractivity contribution in [3.05, 3.63) is 74.9 Å². The van der Waals surface area contributed by atoms with Gasteiger partial charge in [-0.15, -0.1) is 0 Å². The maximum absolute atomic E-state index is 12.5. The second-order valence-electron chi connectivity index (χ2n) is 11.1. The van der Waals surface area contributed by atoms with Crippen molar-refractivity contribution in [2.45, 2.75) is 53.4 Å². The van der Waals surface area contributed by atoms with Gasteiger partial charge in [0.2, 0.25) is 0 Å². The smallest absolute Gasteiger partial charge is 0.277 e. The Hall–Kier alpha value is -3.14. The second-order valence-corrected chi connectivity index (χ2v) is 21.2. The molecule has 6 aromatic rings. The minimum Gasteiger partial charge on any atom is -0.493 e. The summed E-state index contributed by atoms with van der Waals surface area (Å²) in [5.41, 5.74) is 6.39. The van der Waals surface area contributed by atoms with Crippen LogP contribution in [0.15, 0.2) is 53.3 Å². The molecule has 19 heteroatoms. The van der Waals surface area contributed by atoms with Crippen LogP contribution in [0.3, 0.4) is 0 Å². The highest BCUT2D eigenvalue weighted by molar-refractivity contribution is 8.63. The number of aromatic amines is 2.